The van der Waals surface area contributed by atoms with Crippen LogP contribution in [0, 0.1) is 17.2 Å². The second-order valence-electron chi connectivity index (χ2n) is 9.72. The van der Waals surface area contributed by atoms with Crippen molar-refractivity contribution in [2.45, 2.75) is 50.6 Å². The zero-order valence-electron chi connectivity index (χ0n) is 19.7. The largest absolute Gasteiger partial charge is 0.369 e. The Morgan fingerprint density at radius 2 is 1.76 bits per heavy atom. The molecule has 2 aliphatic carbocycles. The average Bonchev–Trinajstić information content (AvgIpc) is 3.69. The summed E-state index contributed by atoms with van der Waals surface area (Å²) in [6.07, 6.45) is 8.52. The molecule has 2 heterocycles. The Hall–Kier alpha value is -3.04. The third-order valence-electron chi connectivity index (χ3n) is 7.56. The number of benzene rings is 1. The summed E-state index contributed by atoms with van der Waals surface area (Å²) in [5, 5.41) is 10.6. The van der Waals surface area contributed by atoms with Gasteiger partial charge in [-0.2, -0.15) is 5.26 Å². The van der Waals surface area contributed by atoms with E-state index in [1.807, 2.05) is 31.3 Å². The van der Waals surface area contributed by atoms with E-state index < -0.39 is 0 Å². The molecule has 0 aliphatic heterocycles. The number of anilines is 2. The molecular weight excluding hydrogens is 446 g/mol. The number of aromatic nitrogens is 2. The Labute approximate surface area is 205 Å². The zero-order valence-corrected chi connectivity index (χ0v) is 20.5. The molecule has 0 spiro atoms. The average molecular weight is 476 g/mol. The molecule has 2 fully saturated rings. The highest BCUT2D eigenvalue weighted by atomic mass is 35.5. The molecule has 7 heteroatoms. The summed E-state index contributed by atoms with van der Waals surface area (Å²) in [4.78, 5) is 22.2. The van der Waals surface area contributed by atoms with Gasteiger partial charge < -0.3 is 14.4 Å². The lowest BCUT2D eigenvalue weighted by atomic mass is 9.88. The molecule has 176 valence electrons. The van der Waals surface area contributed by atoms with Crippen LogP contribution in [0.2, 0.25) is 5.02 Å². The number of aryl methyl sites for hydroxylation is 1. The second kappa shape index (κ2) is 9.31. The van der Waals surface area contributed by atoms with E-state index in [1.165, 1.54) is 23.1 Å². The lowest BCUT2D eigenvalue weighted by molar-refractivity contribution is 0.365. The molecule has 3 aromatic rings. The second-order valence-corrected chi connectivity index (χ2v) is 10.2. The highest BCUT2D eigenvalue weighted by Crippen LogP contribution is 2.37. The monoisotopic (exact) mass is 475 g/mol. The van der Waals surface area contributed by atoms with Gasteiger partial charge >= 0.3 is 0 Å². The molecule has 2 saturated carbocycles. The van der Waals surface area contributed by atoms with Crippen LogP contribution < -0.4 is 15.4 Å². The summed E-state index contributed by atoms with van der Waals surface area (Å²) in [6, 6.07) is 14.9. The topological polar surface area (TPSA) is 65.2 Å². The van der Waals surface area contributed by atoms with Crippen molar-refractivity contribution in [2.75, 3.05) is 23.4 Å². The molecule has 2 aliphatic rings. The number of halogens is 1. The minimum atomic E-state index is -0.267. The van der Waals surface area contributed by atoms with E-state index >= 15 is 0 Å². The van der Waals surface area contributed by atoms with Crippen LogP contribution >= 0.6 is 11.6 Å². The van der Waals surface area contributed by atoms with Gasteiger partial charge in [-0.05, 0) is 80.8 Å². The number of nitrogens with zero attached hydrogens (tertiary/aromatic N) is 5. The molecule has 34 heavy (non-hydrogen) atoms. The van der Waals surface area contributed by atoms with E-state index in [4.69, 9.17) is 11.6 Å². The van der Waals surface area contributed by atoms with Crippen molar-refractivity contribution in [3.05, 3.63) is 63.5 Å². The number of pyridine rings is 2. The quantitative estimate of drug-likeness (QED) is 0.495. The fourth-order valence-electron chi connectivity index (χ4n) is 5.41. The smallest absolute Gasteiger partial charge is 0.270 e. The Balaban J connectivity index is 1.39. The van der Waals surface area contributed by atoms with Gasteiger partial charge in [0.1, 0.15) is 17.1 Å². The van der Waals surface area contributed by atoms with E-state index in [0.29, 0.717) is 17.2 Å². The Morgan fingerprint density at radius 3 is 2.41 bits per heavy atom. The maximum atomic E-state index is 12.9. The van der Waals surface area contributed by atoms with E-state index in [9.17, 15) is 10.1 Å². The standard InChI is InChI=1S/C27H30ClN5O/c1-31(26-23(16-29)27(34)32(2)24-4-3-15-30-25(24)26)20-11-13-22(14-12-20)33(17-18-5-6-18)21-9-7-19(28)8-10-21/h3-4,7-10,15,18,20,22H,5-6,11-14,17H2,1-2H3. The predicted octanol–water partition coefficient (Wildman–Crippen LogP) is 5.12. The lowest BCUT2D eigenvalue weighted by Crippen LogP contribution is -2.44. The Bertz CT molecular complexity index is 1280. The maximum absolute atomic E-state index is 12.9. The summed E-state index contributed by atoms with van der Waals surface area (Å²) >= 11 is 6.14. The van der Waals surface area contributed by atoms with Gasteiger partial charge in [-0.25, -0.2) is 0 Å². The van der Waals surface area contributed by atoms with Crippen LogP contribution in [0.5, 0.6) is 0 Å². The van der Waals surface area contributed by atoms with Crippen molar-refractivity contribution in [1.29, 1.82) is 5.26 Å². The molecule has 0 unspecified atom stereocenters. The zero-order chi connectivity index (χ0) is 23.8. The predicted molar refractivity (Wildman–Crippen MR) is 138 cm³/mol. The van der Waals surface area contributed by atoms with Crippen molar-refractivity contribution in [2.24, 2.45) is 13.0 Å². The summed E-state index contributed by atoms with van der Waals surface area (Å²) < 4.78 is 1.52. The van der Waals surface area contributed by atoms with Gasteiger partial charge in [0.15, 0.2) is 0 Å². The number of nitriles is 1. The summed E-state index contributed by atoms with van der Waals surface area (Å²) in [5.74, 6) is 0.798. The van der Waals surface area contributed by atoms with E-state index in [-0.39, 0.29) is 17.2 Å². The van der Waals surface area contributed by atoms with Crippen molar-refractivity contribution < 1.29 is 0 Å². The normalized spacial score (nSPS) is 20.2. The van der Waals surface area contributed by atoms with Crippen LogP contribution in [-0.2, 0) is 7.05 Å². The highest BCUT2D eigenvalue weighted by molar-refractivity contribution is 6.30. The molecule has 1 aromatic carbocycles. The maximum Gasteiger partial charge on any atom is 0.270 e. The molecular formula is C27H30ClN5O. The van der Waals surface area contributed by atoms with E-state index in [1.54, 1.807) is 13.2 Å². The molecule has 0 radical (unpaired) electrons. The molecule has 6 nitrogen and oxygen atoms in total. The number of hydrogen-bond acceptors (Lipinski definition) is 5. The first kappa shape index (κ1) is 22.7. The minimum absolute atomic E-state index is 0.176. The van der Waals surface area contributed by atoms with Crippen LogP contribution in [0.15, 0.2) is 47.4 Å². The van der Waals surface area contributed by atoms with Crippen LogP contribution in [-0.4, -0.2) is 35.2 Å². The fourth-order valence-corrected chi connectivity index (χ4v) is 5.53. The van der Waals surface area contributed by atoms with Gasteiger partial charge in [-0.15, -0.1) is 0 Å². The van der Waals surface area contributed by atoms with Gasteiger partial charge in [0.2, 0.25) is 0 Å². The van der Waals surface area contributed by atoms with Crippen molar-refractivity contribution >= 4 is 34.0 Å². The van der Waals surface area contributed by atoms with Crippen LogP contribution in [0.25, 0.3) is 11.0 Å². The first-order chi connectivity index (χ1) is 16.5. The fraction of sp³-hybridized carbons (Fsp3) is 0.444. The van der Waals surface area contributed by atoms with Gasteiger partial charge in [-0.3, -0.25) is 9.78 Å². The highest BCUT2D eigenvalue weighted by Gasteiger charge is 2.33. The SMILES string of the molecule is CN(c1c(C#N)c(=O)n(C)c2cccnc12)C1CCC(N(CC2CC2)c2ccc(Cl)cc2)CC1. The third-order valence-corrected chi connectivity index (χ3v) is 7.81. The molecule has 0 N–H and O–H groups in total. The Kier molecular flexibility index (Phi) is 6.22. The first-order valence-corrected chi connectivity index (χ1v) is 12.5. The van der Waals surface area contributed by atoms with Crippen LogP contribution in [0.3, 0.4) is 0 Å². The third kappa shape index (κ3) is 4.25. The number of fused-ring (bicyclic) bond motifs is 1. The van der Waals surface area contributed by atoms with Crippen LogP contribution in [0.4, 0.5) is 11.4 Å². The van der Waals surface area contributed by atoms with Gasteiger partial charge in [0.25, 0.3) is 5.56 Å². The molecule has 2 aromatic heterocycles. The number of rotatable bonds is 6. The molecule has 5 rings (SSSR count). The van der Waals surface area contributed by atoms with E-state index in [0.717, 1.165) is 48.7 Å². The van der Waals surface area contributed by atoms with Crippen molar-refractivity contribution in [1.82, 2.24) is 9.55 Å². The molecule has 0 atom stereocenters. The molecule has 0 bridgehead atoms. The van der Waals surface area contributed by atoms with Gasteiger partial charge in [0, 0.05) is 49.6 Å². The Morgan fingerprint density at radius 1 is 1.09 bits per heavy atom. The van der Waals surface area contributed by atoms with Crippen molar-refractivity contribution in [3.63, 3.8) is 0 Å². The lowest BCUT2D eigenvalue weighted by Gasteiger charge is -2.41. The summed E-state index contributed by atoms with van der Waals surface area (Å²) in [7, 11) is 3.71. The number of hydrogen-bond donors (Lipinski definition) is 0. The van der Waals surface area contributed by atoms with E-state index in [2.05, 4.69) is 33.0 Å². The molecule has 0 amide bonds. The summed E-state index contributed by atoms with van der Waals surface area (Å²) in [5.41, 5.74) is 3.29. The molecule has 0 saturated heterocycles. The van der Waals surface area contributed by atoms with Gasteiger partial charge in [-0.1, -0.05) is 11.6 Å². The minimum Gasteiger partial charge on any atom is -0.369 e. The first-order valence-electron chi connectivity index (χ1n) is 12.1. The van der Waals surface area contributed by atoms with Crippen molar-refractivity contribution in [3.8, 4) is 6.07 Å². The van der Waals surface area contributed by atoms with Crippen LogP contribution in [0.1, 0.15) is 44.1 Å². The summed E-state index contributed by atoms with van der Waals surface area (Å²) in [6.45, 7) is 1.11. The van der Waals surface area contributed by atoms with Gasteiger partial charge in [0.05, 0.1) is 11.2 Å².